The lowest BCUT2D eigenvalue weighted by atomic mass is 9.87. The normalized spacial score (nSPS) is 16.8. The van der Waals surface area contributed by atoms with Gasteiger partial charge < -0.3 is 10.2 Å². The maximum Gasteiger partial charge on any atom is 0.193 e. The van der Waals surface area contributed by atoms with Gasteiger partial charge in [-0.1, -0.05) is 45.0 Å². The summed E-state index contributed by atoms with van der Waals surface area (Å²) in [5.74, 6) is 2.45. The molecule has 1 aliphatic rings. The quantitative estimate of drug-likeness (QED) is 0.656. The highest BCUT2D eigenvalue weighted by molar-refractivity contribution is 5.80. The molecule has 0 spiro atoms. The van der Waals surface area contributed by atoms with Crippen molar-refractivity contribution in [2.24, 2.45) is 4.99 Å². The minimum absolute atomic E-state index is 0.190. The van der Waals surface area contributed by atoms with Crippen molar-refractivity contribution in [3.05, 3.63) is 47.5 Å². The summed E-state index contributed by atoms with van der Waals surface area (Å²) < 4.78 is 0. The van der Waals surface area contributed by atoms with Crippen molar-refractivity contribution >= 4 is 5.96 Å². The molecule has 0 atom stereocenters. The largest absolute Gasteiger partial charge is 0.352 e. The molecule has 26 heavy (non-hydrogen) atoms. The SMILES string of the molecule is CN=C(NCc1ccc(C(C)(C)C)cc1)N1CCC(c2ncn[nH]2)CC1. The summed E-state index contributed by atoms with van der Waals surface area (Å²) in [5, 5.41) is 10.5. The minimum Gasteiger partial charge on any atom is -0.352 e. The molecule has 0 bridgehead atoms. The van der Waals surface area contributed by atoms with E-state index in [1.165, 1.54) is 11.1 Å². The van der Waals surface area contributed by atoms with E-state index in [0.717, 1.165) is 44.3 Å². The van der Waals surface area contributed by atoms with Crippen LogP contribution in [0.15, 0.2) is 35.6 Å². The highest BCUT2D eigenvalue weighted by Gasteiger charge is 2.24. The molecular weight excluding hydrogens is 324 g/mol. The van der Waals surface area contributed by atoms with Gasteiger partial charge in [-0.3, -0.25) is 10.1 Å². The maximum atomic E-state index is 4.47. The number of aromatic nitrogens is 3. The average Bonchev–Trinajstić information content (AvgIpc) is 3.17. The zero-order valence-electron chi connectivity index (χ0n) is 16.3. The predicted octanol–water partition coefficient (Wildman–Crippen LogP) is 3.06. The van der Waals surface area contributed by atoms with E-state index in [1.807, 2.05) is 7.05 Å². The van der Waals surface area contributed by atoms with Crippen molar-refractivity contribution in [1.29, 1.82) is 0 Å². The van der Waals surface area contributed by atoms with Gasteiger partial charge in [-0.15, -0.1) is 0 Å². The first-order valence-electron chi connectivity index (χ1n) is 9.37. The molecule has 0 amide bonds. The van der Waals surface area contributed by atoms with Gasteiger partial charge in [-0.25, -0.2) is 4.98 Å². The summed E-state index contributed by atoms with van der Waals surface area (Å²) in [6.45, 7) is 9.47. The Morgan fingerprint density at radius 3 is 2.46 bits per heavy atom. The lowest BCUT2D eigenvalue weighted by Crippen LogP contribution is -2.45. The third kappa shape index (κ3) is 4.42. The molecule has 6 nitrogen and oxygen atoms in total. The van der Waals surface area contributed by atoms with Crippen molar-refractivity contribution < 1.29 is 0 Å². The van der Waals surface area contributed by atoms with Crippen molar-refractivity contribution in [2.75, 3.05) is 20.1 Å². The van der Waals surface area contributed by atoms with E-state index in [9.17, 15) is 0 Å². The Morgan fingerprint density at radius 2 is 1.92 bits per heavy atom. The van der Waals surface area contributed by atoms with Crippen molar-refractivity contribution in [2.45, 2.75) is 51.5 Å². The Balaban J connectivity index is 1.52. The van der Waals surface area contributed by atoms with Gasteiger partial charge in [0.2, 0.25) is 0 Å². The number of nitrogens with one attached hydrogen (secondary N) is 2. The molecule has 1 aliphatic heterocycles. The molecule has 1 aromatic heterocycles. The smallest absolute Gasteiger partial charge is 0.193 e. The van der Waals surface area contributed by atoms with Crippen molar-refractivity contribution in [3.8, 4) is 0 Å². The molecule has 6 heteroatoms. The van der Waals surface area contributed by atoms with Crippen LogP contribution in [0.3, 0.4) is 0 Å². The minimum atomic E-state index is 0.190. The van der Waals surface area contributed by atoms with Crippen LogP contribution in [-0.2, 0) is 12.0 Å². The number of rotatable bonds is 3. The molecule has 2 heterocycles. The second-order valence-electron chi connectivity index (χ2n) is 7.98. The Hall–Kier alpha value is -2.37. The summed E-state index contributed by atoms with van der Waals surface area (Å²) in [6, 6.07) is 8.86. The van der Waals surface area contributed by atoms with E-state index in [0.29, 0.717) is 5.92 Å². The number of hydrogen-bond acceptors (Lipinski definition) is 3. The maximum absolute atomic E-state index is 4.47. The molecule has 0 unspecified atom stereocenters. The fourth-order valence-electron chi connectivity index (χ4n) is 3.41. The third-order valence-corrected chi connectivity index (χ3v) is 5.10. The van der Waals surface area contributed by atoms with Gasteiger partial charge in [0.25, 0.3) is 0 Å². The predicted molar refractivity (Wildman–Crippen MR) is 105 cm³/mol. The molecule has 1 fully saturated rings. The Bertz CT molecular complexity index is 704. The van der Waals surface area contributed by atoms with Crippen LogP contribution in [0, 0.1) is 0 Å². The van der Waals surface area contributed by atoms with Crippen molar-refractivity contribution in [1.82, 2.24) is 25.4 Å². The summed E-state index contributed by atoms with van der Waals surface area (Å²) in [7, 11) is 1.85. The first-order valence-corrected chi connectivity index (χ1v) is 9.37. The highest BCUT2D eigenvalue weighted by atomic mass is 15.3. The van der Waals surface area contributed by atoms with Gasteiger partial charge >= 0.3 is 0 Å². The lowest BCUT2D eigenvalue weighted by molar-refractivity contribution is 0.299. The Kier molecular flexibility index (Phi) is 5.59. The fourth-order valence-corrected chi connectivity index (χ4v) is 3.41. The standard InChI is InChI=1S/C20H30N6/c1-20(2,3)17-7-5-15(6-8-17)13-22-19(21-4)26-11-9-16(10-12-26)18-23-14-24-25-18/h5-8,14,16H,9-13H2,1-4H3,(H,21,22)(H,23,24,25). The average molecular weight is 355 g/mol. The van der Waals surface area contributed by atoms with Gasteiger partial charge in [0, 0.05) is 32.6 Å². The summed E-state index contributed by atoms with van der Waals surface area (Å²) in [6.07, 6.45) is 3.72. The molecule has 1 aromatic carbocycles. The second kappa shape index (κ2) is 7.89. The van der Waals surface area contributed by atoms with Crippen LogP contribution in [-0.4, -0.2) is 46.2 Å². The number of aromatic amines is 1. The van der Waals surface area contributed by atoms with Crippen LogP contribution in [0.4, 0.5) is 0 Å². The van der Waals surface area contributed by atoms with Crippen LogP contribution in [0.1, 0.15) is 56.5 Å². The van der Waals surface area contributed by atoms with Gasteiger partial charge in [0.05, 0.1) is 0 Å². The molecule has 3 rings (SSSR count). The summed E-state index contributed by atoms with van der Waals surface area (Å²) in [4.78, 5) is 11.1. The fraction of sp³-hybridized carbons (Fsp3) is 0.550. The van der Waals surface area contributed by atoms with E-state index in [-0.39, 0.29) is 5.41 Å². The first kappa shape index (κ1) is 18.4. The number of likely N-dealkylation sites (tertiary alicyclic amines) is 1. The van der Waals surface area contributed by atoms with Gasteiger partial charge in [0.1, 0.15) is 12.2 Å². The molecule has 0 saturated carbocycles. The van der Waals surface area contributed by atoms with E-state index in [2.05, 4.69) is 75.4 Å². The Morgan fingerprint density at radius 1 is 1.23 bits per heavy atom. The highest BCUT2D eigenvalue weighted by Crippen LogP contribution is 2.25. The number of benzene rings is 1. The van der Waals surface area contributed by atoms with E-state index < -0.39 is 0 Å². The number of nitrogens with zero attached hydrogens (tertiary/aromatic N) is 4. The number of aliphatic imine (C=N–C) groups is 1. The van der Waals surface area contributed by atoms with Crippen LogP contribution in [0.5, 0.6) is 0 Å². The zero-order chi connectivity index (χ0) is 18.6. The monoisotopic (exact) mass is 354 g/mol. The van der Waals surface area contributed by atoms with Gasteiger partial charge in [0.15, 0.2) is 5.96 Å². The number of H-pyrrole nitrogens is 1. The Labute approximate surface area is 156 Å². The van der Waals surface area contributed by atoms with E-state index >= 15 is 0 Å². The molecule has 2 aromatic rings. The molecule has 2 N–H and O–H groups in total. The van der Waals surface area contributed by atoms with Crippen LogP contribution in [0.25, 0.3) is 0 Å². The summed E-state index contributed by atoms with van der Waals surface area (Å²) >= 11 is 0. The topological polar surface area (TPSA) is 69.2 Å². The molecule has 1 saturated heterocycles. The first-order chi connectivity index (χ1) is 12.5. The number of piperidine rings is 1. The zero-order valence-corrected chi connectivity index (χ0v) is 16.3. The van der Waals surface area contributed by atoms with Crippen LogP contribution in [0.2, 0.25) is 0 Å². The molecule has 0 radical (unpaired) electrons. The second-order valence-corrected chi connectivity index (χ2v) is 7.98. The van der Waals surface area contributed by atoms with E-state index in [4.69, 9.17) is 0 Å². The number of hydrogen-bond donors (Lipinski definition) is 2. The van der Waals surface area contributed by atoms with Gasteiger partial charge in [-0.2, -0.15) is 5.10 Å². The summed E-state index contributed by atoms with van der Waals surface area (Å²) in [5.41, 5.74) is 2.83. The van der Waals surface area contributed by atoms with Crippen LogP contribution >= 0.6 is 0 Å². The van der Waals surface area contributed by atoms with Crippen molar-refractivity contribution in [3.63, 3.8) is 0 Å². The van der Waals surface area contributed by atoms with E-state index in [1.54, 1.807) is 6.33 Å². The third-order valence-electron chi connectivity index (χ3n) is 5.10. The molecular formula is C20H30N6. The van der Waals surface area contributed by atoms with Gasteiger partial charge in [-0.05, 0) is 29.4 Å². The lowest BCUT2D eigenvalue weighted by Gasteiger charge is -2.33. The van der Waals surface area contributed by atoms with Crippen LogP contribution < -0.4 is 5.32 Å². The molecule has 140 valence electrons. The number of guanidine groups is 1. The molecule has 0 aliphatic carbocycles.